The van der Waals surface area contributed by atoms with Gasteiger partial charge in [0.25, 0.3) is 0 Å². The topological polar surface area (TPSA) is 23.5 Å². The summed E-state index contributed by atoms with van der Waals surface area (Å²) < 4.78 is 0. The second kappa shape index (κ2) is 4.97. The highest BCUT2D eigenvalue weighted by molar-refractivity contribution is 4.85. The second-order valence-electron chi connectivity index (χ2n) is 4.67. The fraction of sp³-hybridized carbons (Fsp3) is 1.00. The van der Waals surface area contributed by atoms with Crippen LogP contribution in [0.2, 0.25) is 0 Å². The molecule has 0 aliphatic carbocycles. The first kappa shape index (κ1) is 11.0. The van der Waals surface area contributed by atoms with E-state index in [1.54, 1.807) is 0 Å². The van der Waals surface area contributed by atoms with Crippen LogP contribution < -0.4 is 0 Å². The smallest absolute Gasteiger partial charge is 0.0682 e. The molecule has 0 amide bonds. The van der Waals surface area contributed by atoms with Crippen molar-refractivity contribution in [3.05, 3.63) is 0 Å². The molecule has 1 heterocycles. The van der Waals surface area contributed by atoms with E-state index in [0.29, 0.717) is 6.04 Å². The van der Waals surface area contributed by atoms with Gasteiger partial charge in [-0.25, -0.2) is 0 Å². The summed E-state index contributed by atoms with van der Waals surface area (Å²) in [6.45, 7) is 8.76. The number of likely N-dealkylation sites (tertiary alicyclic amines) is 1. The standard InChI is InChI=1S/C11H23NO/c1-4-5-12-8-11(13)7-10(12)6-9(2)3/h9-11,13H,4-8H2,1-3H3/t10-,11-/m1/s1. The molecule has 13 heavy (non-hydrogen) atoms. The molecule has 1 rings (SSSR count). The van der Waals surface area contributed by atoms with Gasteiger partial charge in [-0.05, 0) is 31.7 Å². The summed E-state index contributed by atoms with van der Waals surface area (Å²) in [5, 5.41) is 9.57. The fourth-order valence-electron chi connectivity index (χ4n) is 2.31. The maximum Gasteiger partial charge on any atom is 0.0682 e. The van der Waals surface area contributed by atoms with Crippen LogP contribution in [0.15, 0.2) is 0 Å². The zero-order valence-electron chi connectivity index (χ0n) is 9.16. The minimum absolute atomic E-state index is 0.0738. The van der Waals surface area contributed by atoms with Gasteiger partial charge in [0, 0.05) is 12.6 Å². The lowest BCUT2D eigenvalue weighted by Crippen LogP contribution is -2.31. The predicted octanol–water partition coefficient (Wildman–Crippen LogP) is 1.88. The van der Waals surface area contributed by atoms with Crippen molar-refractivity contribution in [1.29, 1.82) is 0 Å². The van der Waals surface area contributed by atoms with Crippen LogP contribution in [0, 0.1) is 5.92 Å². The average molecular weight is 185 g/mol. The Morgan fingerprint density at radius 2 is 2.15 bits per heavy atom. The molecular weight excluding hydrogens is 162 g/mol. The van der Waals surface area contributed by atoms with E-state index < -0.39 is 0 Å². The average Bonchev–Trinajstić information content (AvgIpc) is 2.31. The largest absolute Gasteiger partial charge is 0.392 e. The Balaban J connectivity index is 2.40. The molecule has 0 unspecified atom stereocenters. The van der Waals surface area contributed by atoms with Gasteiger partial charge in [0.2, 0.25) is 0 Å². The van der Waals surface area contributed by atoms with Gasteiger partial charge in [-0.3, -0.25) is 4.90 Å². The zero-order valence-corrected chi connectivity index (χ0v) is 9.16. The molecule has 1 fully saturated rings. The number of nitrogens with zero attached hydrogens (tertiary/aromatic N) is 1. The molecule has 0 bridgehead atoms. The lowest BCUT2D eigenvalue weighted by atomic mass is 10.0. The van der Waals surface area contributed by atoms with Gasteiger partial charge in [0.15, 0.2) is 0 Å². The number of aliphatic hydroxyl groups is 1. The van der Waals surface area contributed by atoms with Gasteiger partial charge < -0.3 is 5.11 Å². The van der Waals surface area contributed by atoms with Crippen molar-refractivity contribution in [1.82, 2.24) is 4.90 Å². The molecule has 0 aromatic carbocycles. The van der Waals surface area contributed by atoms with Crippen LogP contribution >= 0.6 is 0 Å². The normalized spacial score (nSPS) is 30.2. The Bertz CT molecular complexity index is 147. The Kier molecular flexibility index (Phi) is 4.20. The van der Waals surface area contributed by atoms with Gasteiger partial charge in [0.1, 0.15) is 0 Å². The molecule has 78 valence electrons. The molecule has 0 aromatic heterocycles. The molecule has 1 aliphatic rings. The zero-order chi connectivity index (χ0) is 9.84. The second-order valence-corrected chi connectivity index (χ2v) is 4.67. The summed E-state index contributed by atoms with van der Waals surface area (Å²) in [5.74, 6) is 0.745. The predicted molar refractivity (Wildman–Crippen MR) is 55.7 cm³/mol. The highest BCUT2D eigenvalue weighted by Crippen LogP contribution is 2.23. The third-order valence-corrected chi connectivity index (χ3v) is 2.76. The number of β-amino-alcohol motifs (C(OH)–C–C–N with tert-alkyl or cyclic N) is 1. The summed E-state index contributed by atoms with van der Waals surface area (Å²) >= 11 is 0. The molecule has 2 nitrogen and oxygen atoms in total. The first-order valence-electron chi connectivity index (χ1n) is 5.55. The van der Waals surface area contributed by atoms with Gasteiger partial charge in [-0.2, -0.15) is 0 Å². The van der Waals surface area contributed by atoms with Crippen molar-refractivity contribution in [3.8, 4) is 0 Å². The van der Waals surface area contributed by atoms with Crippen LogP contribution in [0.1, 0.15) is 40.0 Å². The maximum atomic E-state index is 9.57. The third kappa shape index (κ3) is 3.28. The van der Waals surface area contributed by atoms with E-state index in [1.165, 1.54) is 12.8 Å². The fourth-order valence-corrected chi connectivity index (χ4v) is 2.31. The first-order chi connectivity index (χ1) is 6.13. The molecular formula is C11H23NO. The number of hydrogen-bond donors (Lipinski definition) is 1. The highest BCUT2D eigenvalue weighted by atomic mass is 16.3. The van der Waals surface area contributed by atoms with Crippen molar-refractivity contribution in [2.45, 2.75) is 52.2 Å². The Morgan fingerprint density at radius 1 is 1.46 bits per heavy atom. The number of rotatable bonds is 4. The minimum atomic E-state index is -0.0738. The van der Waals surface area contributed by atoms with Crippen molar-refractivity contribution in [3.63, 3.8) is 0 Å². The van der Waals surface area contributed by atoms with E-state index >= 15 is 0 Å². The lowest BCUT2D eigenvalue weighted by Gasteiger charge is -2.24. The van der Waals surface area contributed by atoms with E-state index in [1.807, 2.05) is 0 Å². The summed E-state index contributed by atoms with van der Waals surface area (Å²) in [5.41, 5.74) is 0. The molecule has 0 aromatic rings. The van der Waals surface area contributed by atoms with Crippen molar-refractivity contribution < 1.29 is 5.11 Å². The third-order valence-electron chi connectivity index (χ3n) is 2.76. The quantitative estimate of drug-likeness (QED) is 0.723. The van der Waals surface area contributed by atoms with Crippen molar-refractivity contribution in [2.24, 2.45) is 5.92 Å². The van der Waals surface area contributed by atoms with Crippen LogP contribution in [0.3, 0.4) is 0 Å². The van der Waals surface area contributed by atoms with Gasteiger partial charge in [-0.15, -0.1) is 0 Å². The molecule has 2 heteroatoms. The van der Waals surface area contributed by atoms with Gasteiger partial charge >= 0.3 is 0 Å². The SMILES string of the molecule is CCCN1C[C@H](O)C[C@H]1CC(C)C. The summed E-state index contributed by atoms with van der Waals surface area (Å²) in [7, 11) is 0. The molecule has 2 atom stereocenters. The number of hydrogen-bond acceptors (Lipinski definition) is 2. The van der Waals surface area contributed by atoms with Crippen molar-refractivity contribution in [2.75, 3.05) is 13.1 Å². The molecule has 1 N–H and O–H groups in total. The molecule has 1 saturated heterocycles. The van der Waals surface area contributed by atoms with E-state index in [2.05, 4.69) is 25.7 Å². The van der Waals surface area contributed by atoms with Gasteiger partial charge in [-0.1, -0.05) is 20.8 Å². The van der Waals surface area contributed by atoms with Crippen LogP contribution in [0.5, 0.6) is 0 Å². The highest BCUT2D eigenvalue weighted by Gasteiger charge is 2.30. The maximum absolute atomic E-state index is 9.57. The summed E-state index contributed by atoms with van der Waals surface area (Å²) in [4.78, 5) is 2.45. The minimum Gasteiger partial charge on any atom is -0.392 e. The van der Waals surface area contributed by atoms with Gasteiger partial charge in [0.05, 0.1) is 6.10 Å². The van der Waals surface area contributed by atoms with Crippen LogP contribution in [0.4, 0.5) is 0 Å². The Hall–Kier alpha value is -0.0800. The van der Waals surface area contributed by atoms with E-state index in [9.17, 15) is 5.11 Å². The Labute approximate surface area is 81.9 Å². The molecule has 0 spiro atoms. The number of aliphatic hydroxyl groups excluding tert-OH is 1. The van der Waals surface area contributed by atoms with Crippen LogP contribution in [-0.4, -0.2) is 35.2 Å². The summed E-state index contributed by atoms with van der Waals surface area (Å²) in [6, 6.07) is 0.634. The molecule has 0 saturated carbocycles. The van der Waals surface area contributed by atoms with E-state index in [4.69, 9.17) is 0 Å². The first-order valence-corrected chi connectivity index (χ1v) is 5.55. The lowest BCUT2D eigenvalue weighted by molar-refractivity contribution is 0.174. The van der Waals surface area contributed by atoms with Crippen molar-refractivity contribution >= 4 is 0 Å². The van der Waals surface area contributed by atoms with E-state index in [0.717, 1.165) is 25.4 Å². The molecule has 1 aliphatic heterocycles. The van der Waals surface area contributed by atoms with Crippen LogP contribution in [0.25, 0.3) is 0 Å². The molecule has 0 radical (unpaired) electrons. The monoisotopic (exact) mass is 185 g/mol. The Morgan fingerprint density at radius 3 is 2.69 bits per heavy atom. The van der Waals surface area contributed by atoms with E-state index in [-0.39, 0.29) is 6.10 Å². The summed E-state index contributed by atoms with van der Waals surface area (Å²) in [6.07, 6.45) is 3.34. The van der Waals surface area contributed by atoms with Crippen LogP contribution in [-0.2, 0) is 0 Å².